The fraction of sp³-hybridized carbons (Fsp3) is 0.125. The molecule has 0 aliphatic rings. The van der Waals surface area contributed by atoms with Crippen molar-refractivity contribution in [3.63, 3.8) is 0 Å². The van der Waals surface area contributed by atoms with Crippen LogP contribution in [0.4, 0.5) is 10.8 Å². The SMILES string of the molecule is Cc1cc(Nc2cc(Cl)nc3c(-c4cnn(C)c4)cnn23)sn1.Cn1cc(-c2cnn3c(Cl)cc(Cl)nc23)cn1. The van der Waals surface area contributed by atoms with E-state index in [1.165, 1.54) is 16.0 Å². The van der Waals surface area contributed by atoms with Crippen molar-refractivity contribution in [2.75, 3.05) is 5.32 Å². The molecule has 7 heterocycles. The van der Waals surface area contributed by atoms with E-state index >= 15 is 0 Å². The van der Waals surface area contributed by atoms with Gasteiger partial charge in [-0.05, 0) is 24.5 Å². The molecular weight excluding hydrogens is 595 g/mol. The van der Waals surface area contributed by atoms with Gasteiger partial charge in [0.25, 0.3) is 0 Å². The van der Waals surface area contributed by atoms with Crippen LogP contribution in [0.15, 0.2) is 55.4 Å². The summed E-state index contributed by atoms with van der Waals surface area (Å²) in [6.45, 7) is 1.95. The first-order valence-electron chi connectivity index (χ1n) is 11.7. The Kier molecular flexibility index (Phi) is 6.88. The molecule has 0 radical (unpaired) electrons. The van der Waals surface area contributed by atoms with Gasteiger partial charge in [-0.1, -0.05) is 34.8 Å². The lowest BCUT2D eigenvalue weighted by Crippen LogP contribution is -2.00. The molecule has 202 valence electrons. The molecule has 0 atom stereocenters. The standard InChI is InChI=1S/C14H12ClN7S.C10H7Cl2N5/c1-8-3-13(23-20-8)19-12-4-11(15)18-14-10(6-17-22(12)14)9-5-16-21(2)7-9;1-16-5-6(3-13-16)7-4-14-17-9(12)2-8(11)15-10(7)17/h3-7,19H,1-2H3;2-5H,1H3. The van der Waals surface area contributed by atoms with Crippen LogP contribution in [-0.2, 0) is 14.1 Å². The Bertz CT molecular complexity index is 1980. The molecule has 0 aromatic carbocycles. The van der Waals surface area contributed by atoms with Gasteiger partial charge in [-0.3, -0.25) is 9.36 Å². The van der Waals surface area contributed by atoms with Crippen molar-refractivity contribution in [1.82, 2.24) is 53.1 Å². The molecule has 7 aromatic rings. The highest BCUT2D eigenvalue weighted by Crippen LogP contribution is 2.29. The van der Waals surface area contributed by atoms with Gasteiger partial charge in [-0.15, -0.1) is 0 Å². The summed E-state index contributed by atoms with van der Waals surface area (Å²) in [5.74, 6) is 0.735. The van der Waals surface area contributed by atoms with Crippen LogP contribution in [0.1, 0.15) is 5.69 Å². The number of nitrogens with zero attached hydrogens (tertiary/aromatic N) is 11. The Morgan fingerprint density at radius 1 is 0.725 bits per heavy atom. The van der Waals surface area contributed by atoms with Gasteiger partial charge in [0.1, 0.15) is 26.3 Å². The highest BCUT2D eigenvalue weighted by atomic mass is 35.5. The predicted octanol–water partition coefficient (Wildman–Crippen LogP) is 5.73. The number of fused-ring (bicyclic) bond motifs is 2. The summed E-state index contributed by atoms with van der Waals surface area (Å²) < 4.78 is 11.0. The zero-order valence-corrected chi connectivity index (χ0v) is 24.2. The molecule has 1 N–H and O–H groups in total. The van der Waals surface area contributed by atoms with Gasteiger partial charge >= 0.3 is 0 Å². The molecule has 7 rings (SSSR count). The molecule has 0 saturated heterocycles. The van der Waals surface area contributed by atoms with Gasteiger partial charge in [-0.2, -0.15) is 29.3 Å². The molecule has 40 heavy (non-hydrogen) atoms. The van der Waals surface area contributed by atoms with E-state index < -0.39 is 0 Å². The fourth-order valence-corrected chi connectivity index (χ4v) is 5.32. The van der Waals surface area contributed by atoms with Crippen LogP contribution in [0.5, 0.6) is 0 Å². The first kappa shape index (κ1) is 26.2. The van der Waals surface area contributed by atoms with Crippen LogP contribution in [0, 0.1) is 6.92 Å². The molecular formula is C24H19Cl3N12S. The lowest BCUT2D eigenvalue weighted by molar-refractivity contribution is 0.768. The summed E-state index contributed by atoms with van der Waals surface area (Å²) in [6.07, 6.45) is 10.8. The molecule has 0 bridgehead atoms. The Labute approximate surface area is 245 Å². The van der Waals surface area contributed by atoms with Crippen LogP contribution < -0.4 is 5.32 Å². The first-order valence-corrected chi connectivity index (χ1v) is 13.6. The second-order valence-corrected chi connectivity index (χ2v) is 10.7. The molecule has 0 fully saturated rings. The summed E-state index contributed by atoms with van der Waals surface area (Å²) >= 11 is 19.5. The van der Waals surface area contributed by atoms with Gasteiger partial charge in [0.15, 0.2) is 11.3 Å². The van der Waals surface area contributed by atoms with Crippen LogP contribution >= 0.6 is 46.3 Å². The number of halogens is 3. The molecule has 7 aromatic heterocycles. The van der Waals surface area contributed by atoms with Gasteiger partial charge in [0, 0.05) is 60.9 Å². The third-order valence-electron chi connectivity index (χ3n) is 5.75. The van der Waals surface area contributed by atoms with Gasteiger partial charge in [0.05, 0.1) is 30.5 Å². The van der Waals surface area contributed by atoms with Crippen LogP contribution in [-0.4, -0.2) is 53.1 Å². The Balaban J connectivity index is 0.000000151. The van der Waals surface area contributed by atoms with Crippen molar-refractivity contribution in [2.45, 2.75) is 6.92 Å². The minimum atomic E-state index is 0.341. The Hall–Kier alpha value is -4.04. The van der Waals surface area contributed by atoms with E-state index in [1.807, 2.05) is 39.5 Å². The fourth-order valence-electron chi connectivity index (χ4n) is 4.00. The smallest absolute Gasteiger partial charge is 0.166 e. The highest BCUT2D eigenvalue weighted by molar-refractivity contribution is 7.10. The number of hydrogen-bond acceptors (Lipinski definition) is 9. The van der Waals surface area contributed by atoms with E-state index in [4.69, 9.17) is 34.8 Å². The van der Waals surface area contributed by atoms with E-state index in [1.54, 1.807) is 50.8 Å². The zero-order valence-electron chi connectivity index (χ0n) is 21.2. The van der Waals surface area contributed by atoms with Crippen LogP contribution in [0.25, 0.3) is 33.5 Å². The van der Waals surface area contributed by atoms with Crippen molar-refractivity contribution in [3.05, 3.63) is 76.5 Å². The second-order valence-electron chi connectivity index (χ2n) is 8.72. The van der Waals surface area contributed by atoms with Gasteiger partial charge in [0.2, 0.25) is 0 Å². The molecule has 0 amide bonds. The summed E-state index contributed by atoms with van der Waals surface area (Å²) in [4.78, 5) is 8.63. The van der Waals surface area contributed by atoms with Crippen molar-refractivity contribution in [3.8, 4) is 22.3 Å². The van der Waals surface area contributed by atoms with Crippen molar-refractivity contribution in [1.29, 1.82) is 0 Å². The van der Waals surface area contributed by atoms with Crippen molar-refractivity contribution < 1.29 is 0 Å². The Morgan fingerprint density at radius 2 is 1.30 bits per heavy atom. The second kappa shape index (κ2) is 10.5. The molecule has 16 heteroatoms. The number of hydrogen-bond donors (Lipinski definition) is 1. The number of aromatic nitrogens is 11. The van der Waals surface area contributed by atoms with Crippen molar-refractivity contribution >= 4 is 68.4 Å². The molecule has 12 nitrogen and oxygen atoms in total. The maximum Gasteiger partial charge on any atom is 0.166 e. The Morgan fingerprint density at radius 3 is 1.85 bits per heavy atom. The minimum Gasteiger partial charge on any atom is -0.330 e. The maximum atomic E-state index is 6.19. The number of aryl methyl sites for hydroxylation is 3. The zero-order chi connectivity index (χ0) is 28.0. The van der Waals surface area contributed by atoms with E-state index in [2.05, 4.69) is 40.1 Å². The number of nitrogens with one attached hydrogen (secondary N) is 1. The van der Waals surface area contributed by atoms with E-state index in [0.29, 0.717) is 26.8 Å². The number of anilines is 2. The molecule has 0 spiro atoms. The predicted molar refractivity (Wildman–Crippen MR) is 156 cm³/mol. The minimum absolute atomic E-state index is 0.341. The molecule has 0 aliphatic carbocycles. The maximum absolute atomic E-state index is 6.19. The van der Waals surface area contributed by atoms with Crippen molar-refractivity contribution in [2.24, 2.45) is 14.1 Å². The average Bonchev–Trinajstić information content (AvgIpc) is 3.71. The summed E-state index contributed by atoms with van der Waals surface area (Å²) in [5.41, 5.74) is 5.85. The quantitative estimate of drug-likeness (QED) is 0.250. The average molecular weight is 614 g/mol. The topological polar surface area (TPSA) is 121 Å². The molecule has 0 unspecified atom stereocenters. The van der Waals surface area contributed by atoms with Crippen LogP contribution in [0.3, 0.4) is 0 Å². The van der Waals surface area contributed by atoms with Crippen LogP contribution in [0.2, 0.25) is 15.5 Å². The van der Waals surface area contributed by atoms with E-state index in [0.717, 1.165) is 38.8 Å². The van der Waals surface area contributed by atoms with Gasteiger partial charge < -0.3 is 5.32 Å². The summed E-state index contributed by atoms with van der Waals surface area (Å²) in [5, 5.41) is 22.3. The largest absolute Gasteiger partial charge is 0.330 e. The first-order chi connectivity index (χ1) is 19.2. The monoisotopic (exact) mass is 612 g/mol. The van der Waals surface area contributed by atoms with Gasteiger partial charge in [-0.25, -0.2) is 14.5 Å². The summed E-state index contributed by atoms with van der Waals surface area (Å²) in [7, 11) is 3.72. The molecule has 0 saturated carbocycles. The highest BCUT2D eigenvalue weighted by Gasteiger charge is 2.15. The third-order valence-corrected chi connectivity index (χ3v) is 7.20. The lowest BCUT2D eigenvalue weighted by Gasteiger charge is -2.06. The number of rotatable bonds is 4. The lowest BCUT2D eigenvalue weighted by atomic mass is 10.2. The normalized spacial score (nSPS) is 11.2. The van der Waals surface area contributed by atoms with E-state index in [-0.39, 0.29) is 0 Å². The third kappa shape index (κ3) is 5.11. The summed E-state index contributed by atoms with van der Waals surface area (Å²) in [6, 6.07) is 5.26. The van der Waals surface area contributed by atoms with E-state index in [9.17, 15) is 0 Å². The molecule has 0 aliphatic heterocycles.